The van der Waals surface area contributed by atoms with Crippen LogP contribution in [0, 0.1) is 12.7 Å². The molecule has 0 bridgehead atoms. The number of hydrogen-bond donors (Lipinski definition) is 1. The summed E-state index contributed by atoms with van der Waals surface area (Å²) in [6.45, 7) is 8.18. The fourth-order valence-corrected chi connectivity index (χ4v) is 3.10. The highest BCUT2D eigenvalue weighted by atomic mass is 19.1. The Bertz CT molecular complexity index is 442. The Morgan fingerprint density at radius 3 is 2.53 bits per heavy atom. The van der Waals surface area contributed by atoms with Crippen LogP contribution in [0.1, 0.15) is 50.3 Å². The topological polar surface area (TPSA) is 23.5 Å². The summed E-state index contributed by atoms with van der Waals surface area (Å²) in [6, 6.07) is 4.66. The predicted molar refractivity (Wildman–Crippen MR) is 75.6 cm³/mol. The van der Waals surface area contributed by atoms with E-state index in [1.54, 1.807) is 6.07 Å². The molecule has 1 saturated heterocycles. The molecule has 1 aliphatic rings. The molecule has 0 radical (unpaired) electrons. The van der Waals surface area contributed by atoms with Crippen LogP contribution < -0.4 is 0 Å². The van der Waals surface area contributed by atoms with Crippen LogP contribution in [0.2, 0.25) is 0 Å². The quantitative estimate of drug-likeness (QED) is 0.901. The molecule has 0 aliphatic carbocycles. The van der Waals surface area contributed by atoms with Gasteiger partial charge in [-0.15, -0.1) is 0 Å². The van der Waals surface area contributed by atoms with Crippen molar-refractivity contribution >= 4 is 0 Å². The van der Waals surface area contributed by atoms with Crippen molar-refractivity contribution in [3.05, 3.63) is 35.1 Å². The van der Waals surface area contributed by atoms with Crippen molar-refractivity contribution in [1.29, 1.82) is 0 Å². The smallest absolute Gasteiger partial charge is 0.123 e. The number of aliphatic hydroxyl groups excluding tert-OH is 1. The largest absolute Gasteiger partial charge is 0.386 e. The van der Waals surface area contributed by atoms with Gasteiger partial charge in [0.25, 0.3) is 0 Å². The average molecular weight is 265 g/mol. The van der Waals surface area contributed by atoms with E-state index in [0.717, 1.165) is 30.6 Å². The van der Waals surface area contributed by atoms with E-state index in [1.807, 2.05) is 6.92 Å². The Labute approximate surface area is 115 Å². The molecule has 3 heteroatoms. The number of benzene rings is 1. The summed E-state index contributed by atoms with van der Waals surface area (Å²) in [4.78, 5) is 2.38. The maximum Gasteiger partial charge on any atom is 0.123 e. The molecule has 0 aromatic heterocycles. The zero-order valence-electron chi connectivity index (χ0n) is 12.1. The van der Waals surface area contributed by atoms with Crippen molar-refractivity contribution in [1.82, 2.24) is 4.90 Å². The molecule has 0 amide bonds. The second-order valence-electron chi connectivity index (χ2n) is 5.81. The van der Waals surface area contributed by atoms with Gasteiger partial charge < -0.3 is 5.11 Å². The van der Waals surface area contributed by atoms with E-state index in [2.05, 4.69) is 18.7 Å². The Hall–Kier alpha value is -0.930. The lowest BCUT2D eigenvalue weighted by atomic mass is 9.84. The van der Waals surface area contributed by atoms with E-state index in [0.29, 0.717) is 0 Å². The van der Waals surface area contributed by atoms with Gasteiger partial charge in [-0.3, -0.25) is 4.90 Å². The van der Waals surface area contributed by atoms with Crippen LogP contribution in [-0.4, -0.2) is 28.6 Å². The maximum atomic E-state index is 13.2. The molecule has 2 rings (SSSR count). The van der Waals surface area contributed by atoms with Crippen molar-refractivity contribution in [2.24, 2.45) is 0 Å². The number of rotatable bonds is 4. The number of aliphatic hydroxyl groups is 1. The number of nitrogens with zero attached hydrogens (tertiary/aromatic N) is 1. The molecule has 19 heavy (non-hydrogen) atoms. The van der Waals surface area contributed by atoms with Crippen LogP contribution in [0.25, 0.3) is 0 Å². The van der Waals surface area contributed by atoms with Crippen LogP contribution in [0.15, 0.2) is 18.2 Å². The lowest BCUT2D eigenvalue weighted by Crippen LogP contribution is -2.49. The minimum absolute atomic E-state index is 0.243. The fraction of sp³-hybridized carbons (Fsp3) is 0.625. The highest BCUT2D eigenvalue weighted by Gasteiger charge is 2.39. The first-order chi connectivity index (χ1) is 8.99. The van der Waals surface area contributed by atoms with E-state index in [1.165, 1.54) is 25.0 Å². The number of halogens is 1. The number of hydrogen-bond acceptors (Lipinski definition) is 2. The van der Waals surface area contributed by atoms with Gasteiger partial charge in [0.1, 0.15) is 5.82 Å². The summed E-state index contributed by atoms with van der Waals surface area (Å²) in [6.07, 6.45) is 2.71. The lowest BCUT2D eigenvalue weighted by molar-refractivity contribution is -0.0143. The van der Waals surface area contributed by atoms with Gasteiger partial charge in [-0.25, -0.2) is 4.39 Å². The summed E-state index contributed by atoms with van der Waals surface area (Å²) in [7, 11) is 0. The van der Waals surface area contributed by atoms with Crippen LogP contribution in [0.3, 0.4) is 0 Å². The molecule has 1 heterocycles. The van der Waals surface area contributed by atoms with Crippen molar-refractivity contribution in [3.8, 4) is 0 Å². The Balaban J connectivity index is 2.31. The third kappa shape index (κ3) is 2.67. The monoisotopic (exact) mass is 265 g/mol. The second kappa shape index (κ2) is 5.59. The molecule has 1 aromatic carbocycles. The summed E-state index contributed by atoms with van der Waals surface area (Å²) in [5, 5.41) is 10.8. The molecule has 1 aromatic rings. The Kier molecular flexibility index (Phi) is 4.26. The zero-order valence-corrected chi connectivity index (χ0v) is 12.1. The number of aryl methyl sites for hydroxylation is 1. The normalized spacial score (nSPS) is 21.3. The molecule has 1 N–H and O–H groups in total. The Morgan fingerprint density at radius 2 is 2.00 bits per heavy atom. The summed E-state index contributed by atoms with van der Waals surface area (Å²) in [5.41, 5.74) is 1.41. The third-order valence-electron chi connectivity index (χ3n) is 4.66. The van der Waals surface area contributed by atoms with Crippen LogP contribution in [-0.2, 0) is 0 Å². The summed E-state index contributed by atoms with van der Waals surface area (Å²) >= 11 is 0. The molecule has 106 valence electrons. The maximum absolute atomic E-state index is 13.2. The van der Waals surface area contributed by atoms with Gasteiger partial charge in [-0.05, 0) is 69.5 Å². The van der Waals surface area contributed by atoms with Crippen molar-refractivity contribution in [2.75, 3.05) is 13.1 Å². The summed E-state index contributed by atoms with van der Waals surface area (Å²) < 4.78 is 13.2. The van der Waals surface area contributed by atoms with Crippen molar-refractivity contribution in [3.63, 3.8) is 0 Å². The molecular weight excluding hydrogens is 241 g/mol. The first-order valence-electron chi connectivity index (χ1n) is 7.18. The molecule has 0 spiro atoms. The molecule has 1 fully saturated rings. The van der Waals surface area contributed by atoms with Gasteiger partial charge in [-0.2, -0.15) is 0 Å². The summed E-state index contributed by atoms with van der Waals surface area (Å²) in [5.74, 6) is -0.243. The van der Waals surface area contributed by atoms with Gasteiger partial charge in [0, 0.05) is 5.54 Å². The van der Waals surface area contributed by atoms with Gasteiger partial charge in [-0.1, -0.05) is 13.0 Å². The van der Waals surface area contributed by atoms with Gasteiger partial charge in [0.15, 0.2) is 0 Å². The van der Waals surface area contributed by atoms with E-state index in [4.69, 9.17) is 0 Å². The van der Waals surface area contributed by atoms with Gasteiger partial charge >= 0.3 is 0 Å². The third-order valence-corrected chi connectivity index (χ3v) is 4.66. The van der Waals surface area contributed by atoms with Crippen LogP contribution in [0.5, 0.6) is 0 Å². The second-order valence-corrected chi connectivity index (χ2v) is 5.81. The number of likely N-dealkylation sites (tertiary alicyclic amines) is 1. The van der Waals surface area contributed by atoms with Crippen LogP contribution in [0.4, 0.5) is 4.39 Å². The van der Waals surface area contributed by atoms with E-state index in [-0.39, 0.29) is 11.4 Å². The van der Waals surface area contributed by atoms with Crippen molar-refractivity contribution < 1.29 is 9.50 Å². The minimum Gasteiger partial charge on any atom is -0.386 e. The SMILES string of the molecule is CCC(C)(C(O)c1ccc(F)cc1C)N1CCCC1. The van der Waals surface area contributed by atoms with E-state index in [9.17, 15) is 9.50 Å². The van der Waals surface area contributed by atoms with E-state index >= 15 is 0 Å². The Morgan fingerprint density at radius 1 is 1.37 bits per heavy atom. The van der Waals surface area contributed by atoms with Gasteiger partial charge in [0.05, 0.1) is 6.10 Å². The zero-order chi connectivity index (χ0) is 14.0. The lowest BCUT2D eigenvalue weighted by Gasteiger charge is -2.42. The highest BCUT2D eigenvalue weighted by Crippen LogP contribution is 2.37. The molecule has 2 atom stereocenters. The van der Waals surface area contributed by atoms with Gasteiger partial charge in [0.2, 0.25) is 0 Å². The van der Waals surface area contributed by atoms with Crippen LogP contribution >= 0.6 is 0 Å². The molecule has 0 saturated carbocycles. The van der Waals surface area contributed by atoms with Crippen molar-refractivity contribution in [2.45, 2.75) is 51.7 Å². The molecular formula is C16H24FNO. The highest BCUT2D eigenvalue weighted by molar-refractivity contribution is 5.30. The fourth-order valence-electron chi connectivity index (χ4n) is 3.10. The first kappa shape index (κ1) is 14.5. The minimum atomic E-state index is -0.573. The molecule has 2 unspecified atom stereocenters. The molecule has 2 nitrogen and oxygen atoms in total. The first-order valence-corrected chi connectivity index (χ1v) is 7.18. The predicted octanol–water partition coefficient (Wildman–Crippen LogP) is 3.43. The standard InChI is InChI=1S/C16H24FNO/c1-4-16(3,18-9-5-6-10-18)15(19)14-8-7-13(17)11-12(14)2/h7-8,11,15,19H,4-6,9-10H2,1-3H3. The molecule has 1 aliphatic heterocycles. The average Bonchev–Trinajstić information content (AvgIpc) is 2.91. The van der Waals surface area contributed by atoms with E-state index < -0.39 is 6.10 Å².